The van der Waals surface area contributed by atoms with Crippen LogP contribution in [0.25, 0.3) is 0 Å². The van der Waals surface area contributed by atoms with Crippen molar-refractivity contribution in [2.75, 3.05) is 6.73 Å². The van der Waals surface area contributed by atoms with Crippen molar-refractivity contribution >= 4 is 11.6 Å². The normalized spacial score (nSPS) is 16.6. The molecule has 0 unspecified atom stereocenters. The highest BCUT2D eigenvalue weighted by atomic mass is 35.5. The van der Waals surface area contributed by atoms with Crippen LogP contribution in [0.3, 0.4) is 0 Å². The Morgan fingerprint density at radius 2 is 2.00 bits per heavy atom. The Labute approximate surface area is 108 Å². The van der Waals surface area contributed by atoms with Crippen LogP contribution in [0.2, 0.25) is 5.02 Å². The van der Waals surface area contributed by atoms with Gasteiger partial charge in [-0.25, -0.2) is 0 Å². The number of fused-ring (bicyclic) bond motifs is 1. The third-order valence-electron chi connectivity index (χ3n) is 2.93. The molecule has 18 heavy (non-hydrogen) atoms. The van der Waals surface area contributed by atoms with Crippen molar-refractivity contribution in [3.63, 3.8) is 0 Å². The van der Waals surface area contributed by atoms with Gasteiger partial charge < -0.3 is 4.74 Å². The minimum atomic E-state index is -4.39. The topological polar surface area (TPSA) is 12.5 Å². The maximum absolute atomic E-state index is 12.7. The zero-order chi connectivity index (χ0) is 13.5. The molecule has 0 saturated heterocycles. The molecule has 1 aromatic rings. The Balaban J connectivity index is 2.40. The summed E-state index contributed by atoms with van der Waals surface area (Å²) in [7, 11) is 0. The number of alkyl halides is 3. The van der Waals surface area contributed by atoms with Crippen LogP contribution in [-0.2, 0) is 12.7 Å². The van der Waals surface area contributed by atoms with Crippen LogP contribution in [0.1, 0.15) is 25.0 Å². The number of hydrogen-bond donors (Lipinski definition) is 0. The van der Waals surface area contributed by atoms with E-state index in [0.29, 0.717) is 24.6 Å². The molecule has 2 nitrogen and oxygen atoms in total. The van der Waals surface area contributed by atoms with Crippen LogP contribution in [0.5, 0.6) is 5.75 Å². The number of hydrogen-bond acceptors (Lipinski definition) is 2. The first-order chi connectivity index (χ1) is 8.29. The first-order valence-electron chi connectivity index (χ1n) is 5.55. The minimum absolute atomic E-state index is 0.0169. The molecular formula is C12H13ClF3NO. The summed E-state index contributed by atoms with van der Waals surface area (Å²) in [4.78, 5) is 1.93. The zero-order valence-corrected chi connectivity index (χ0v) is 10.8. The van der Waals surface area contributed by atoms with E-state index in [4.69, 9.17) is 16.3 Å². The Kier molecular flexibility index (Phi) is 3.47. The monoisotopic (exact) mass is 279 g/mol. The molecule has 6 heteroatoms. The molecule has 0 spiro atoms. The van der Waals surface area contributed by atoms with E-state index in [9.17, 15) is 13.2 Å². The van der Waals surface area contributed by atoms with Crippen molar-refractivity contribution in [3.05, 3.63) is 28.3 Å². The van der Waals surface area contributed by atoms with E-state index in [1.165, 1.54) is 0 Å². The molecule has 1 aliphatic heterocycles. The number of benzene rings is 1. The summed E-state index contributed by atoms with van der Waals surface area (Å²) in [6.07, 6.45) is -4.39. The Morgan fingerprint density at radius 3 is 2.56 bits per heavy atom. The van der Waals surface area contributed by atoms with Gasteiger partial charge in [0.1, 0.15) is 12.5 Å². The summed E-state index contributed by atoms with van der Waals surface area (Å²) in [5.74, 6) is 0.363. The standard InChI is InChI=1S/C12H13ClF3NO/c1-7(2)17-5-8-3-9(12(14,15)16)4-10(13)11(8)18-6-17/h3-4,7H,5-6H2,1-2H3. The molecule has 2 rings (SSSR count). The van der Waals surface area contributed by atoms with E-state index in [-0.39, 0.29) is 11.1 Å². The van der Waals surface area contributed by atoms with Crippen LogP contribution < -0.4 is 4.74 Å². The van der Waals surface area contributed by atoms with Crippen molar-refractivity contribution in [2.45, 2.75) is 32.6 Å². The summed E-state index contributed by atoms with van der Waals surface area (Å²) in [6.45, 7) is 4.68. The maximum atomic E-state index is 12.7. The van der Waals surface area contributed by atoms with Gasteiger partial charge in [-0.2, -0.15) is 13.2 Å². The third kappa shape index (κ3) is 2.57. The van der Waals surface area contributed by atoms with Gasteiger partial charge in [-0.05, 0) is 26.0 Å². The molecule has 0 atom stereocenters. The van der Waals surface area contributed by atoms with Gasteiger partial charge in [0.2, 0.25) is 0 Å². The van der Waals surface area contributed by atoms with Gasteiger partial charge in [0, 0.05) is 18.2 Å². The molecule has 1 aliphatic rings. The van der Waals surface area contributed by atoms with Gasteiger partial charge >= 0.3 is 6.18 Å². The van der Waals surface area contributed by atoms with E-state index < -0.39 is 11.7 Å². The molecule has 0 fully saturated rings. The van der Waals surface area contributed by atoms with Crippen LogP contribution in [0, 0.1) is 0 Å². The SMILES string of the molecule is CC(C)N1COc2c(Cl)cc(C(F)(F)F)cc2C1. The lowest BCUT2D eigenvalue weighted by atomic mass is 10.1. The number of halogens is 4. The highest BCUT2D eigenvalue weighted by Crippen LogP contribution is 2.39. The molecule has 100 valence electrons. The van der Waals surface area contributed by atoms with Gasteiger partial charge in [0.05, 0.1) is 10.6 Å². The van der Waals surface area contributed by atoms with Gasteiger partial charge in [-0.3, -0.25) is 4.90 Å². The van der Waals surface area contributed by atoms with Crippen molar-refractivity contribution in [1.82, 2.24) is 4.90 Å². The first kappa shape index (κ1) is 13.5. The van der Waals surface area contributed by atoms with E-state index in [1.807, 2.05) is 18.7 Å². The summed E-state index contributed by atoms with van der Waals surface area (Å²) < 4.78 is 43.5. The summed E-state index contributed by atoms with van der Waals surface area (Å²) in [5.41, 5.74) is -0.254. The summed E-state index contributed by atoms with van der Waals surface area (Å²) in [5, 5.41) is 0.0169. The fourth-order valence-corrected chi connectivity index (χ4v) is 2.13. The zero-order valence-electron chi connectivity index (χ0n) is 10.0. The lowest BCUT2D eigenvalue weighted by molar-refractivity contribution is -0.137. The average Bonchev–Trinajstić information content (AvgIpc) is 2.26. The van der Waals surface area contributed by atoms with Gasteiger partial charge in [-0.1, -0.05) is 11.6 Å². The number of rotatable bonds is 1. The fraction of sp³-hybridized carbons (Fsp3) is 0.500. The second kappa shape index (κ2) is 4.63. The van der Waals surface area contributed by atoms with Crippen molar-refractivity contribution in [2.24, 2.45) is 0 Å². The molecule has 0 bridgehead atoms. The minimum Gasteiger partial charge on any atom is -0.476 e. The predicted molar refractivity (Wildman–Crippen MR) is 62.6 cm³/mol. The van der Waals surface area contributed by atoms with Crippen LogP contribution in [0.4, 0.5) is 13.2 Å². The number of ether oxygens (including phenoxy) is 1. The molecule has 0 aliphatic carbocycles. The van der Waals surface area contributed by atoms with Crippen molar-refractivity contribution < 1.29 is 17.9 Å². The quantitative estimate of drug-likeness (QED) is 0.772. The maximum Gasteiger partial charge on any atom is 0.416 e. The largest absolute Gasteiger partial charge is 0.476 e. The van der Waals surface area contributed by atoms with E-state index in [1.54, 1.807) is 0 Å². The lowest BCUT2D eigenvalue weighted by Gasteiger charge is -2.32. The smallest absolute Gasteiger partial charge is 0.416 e. The molecule has 0 aromatic heterocycles. The second-order valence-electron chi connectivity index (χ2n) is 4.56. The molecule has 0 saturated carbocycles. The van der Waals surface area contributed by atoms with Crippen LogP contribution in [0.15, 0.2) is 12.1 Å². The third-order valence-corrected chi connectivity index (χ3v) is 3.21. The molecular weight excluding hydrogens is 267 g/mol. The van der Waals surface area contributed by atoms with Gasteiger partial charge in [0.15, 0.2) is 0 Å². The second-order valence-corrected chi connectivity index (χ2v) is 4.97. The predicted octanol–water partition coefficient (Wildman–Crippen LogP) is 3.92. The average molecular weight is 280 g/mol. The summed E-state index contributed by atoms with van der Waals surface area (Å²) in [6, 6.07) is 2.22. The summed E-state index contributed by atoms with van der Waals surface area (Å²) >= 11 is 5.84. The van der Waals surface area contributed by atoms with Crippen LogP contribution >= 0.6 is 11.6 Å². The van der Waals surface area contributed by atoms with Crippen LogP contribution in [-0.4, -0.2) is 17.7 Å². The fourth-order valence-electron chi connectivity index (χ4n) is 1.84. The van der Waals surface area contributed by atoms with Gasteiger partial charge in [-0.15, -0.1) is 0 Å². The molecule has 1 heterocycles. The lowest BCUT2D eigenvalue weighted by Crippen LogP contribution is -2.37. The Morgan fingerprint density at radius 1 is 1.33 bits per heavy atom. The van der Waals surface area contributed by atoms with E-state index in [2.05, 4.69) is 0 Å². The van der Waals surface area contributed by atoms with E-state index >= 15 is 0 Å². The number of nitrogens with zero attached hydrogens (tertiary/aromatic N) is 1. The Bertz CT molecular complexity index is 459. The molecule has 0 N–H and O–H groups in total. The van der Waals surface area contributed by atoms with Crippen molar-refractivity contribution in [3.8, 4) is 5.75 Å². The Hall–Kier alpha value is -0.940. The molecule has 0 radical (unpaired) electrons. The molecule has 0 amide bonds. The van der Waals surface area contributed by atoms with E-state index in [0.717, 1.165) is 12.1 Å². The highest BCUT2D eigenvalue weighted by molar-refractivity contribution is 6.32. The van der Waals surface area contributed by atoms with Crippen molar-refractivity contribution in [1.29, 1.82) is 0 Å². The first-order valence-corrected chi connectivity index (χ1v) is 5.93. The molecule has 1 aromatic carbocycles. The highest BCUT2D eigenvalue weighted by Gasteiger charge is 2.33. The van der Waals surface area contributed by atoms with Gasteiger partial charge in [0.25, 0.3) is 0 Å².